The number of aliphatic carboxylic acids is 1. The largest absolute Gasteiger partial charge is 0.481 e. The van der Waals surface area contributed by atoms with Crippen LogP contribution < -0.4 is 5.32 Å². The maximum absolute atomic E-state index is 10.9. The fraction of sp³-hybridized carbons (Fsp3) is 0.500. The van der Waals surface area contributed by atoms with Crippen LogP contribution in [-0.4, -0.2) is 24.2 Å². The molecule has 0 radical (unpaired) electrons. The predicted molar refractivity (Wildman–Crippen MR) is 69.0 cm³/mol. The van der Waals surface area contributed by atoms with Crippen molar-refractivity contribution >= 4 is 5.97 Å². The van der Waals surface area contributed by atoms with Crippen molar-refractivity contribution in [2.45, 2.75) is 26.7 Å². The van der Waals surface area contributed by atoms with Gasteiger partial charge >= 0.3 is 5.97 Å². The van der Waals surface area contributed by atoms with Gasteiger partial charge in [0.05, 0.1) is 5.41 Å². The monoisotopic (exact) mass is 235 g/mol. The predicted octanol–water partition coefficient (Wildman–Crippen LogP) is 2.32. The Morgan fingerprint density at radius 3 is 2.47 bits per heavy atom. The van der Waals surface area contributed by atoms with Crippen LogP contribution in [0.5, 0.6) is 0 Å². The van der Waals surface area contributed by atoms with Gasteiger partial charge in [-0.15, -0.1) is 0 Å². The summed E-state index contributed by atoms with van der Waals surface area (Å²) < 4.78 is 0. The zero-order valence-electron chi connectivity index (χ0n) is 10.6. The van der Waals surface area contributed by atoms with Crippen molar-refractivity contribution in [2.24, 2.45) is 5.41 Å². The van der Waals surface area contributed by atoms with E-state index in [4.69, 9.17) is 5.11 Å². The van der Waals surface area contributed by atoms with Gasteiger partial charge in [0.15, 0.2) is 0 Å². The summed E-state index contributed by atoms with van der Waals surface area (Å²) in [6, 6.07) is 10.3. The summed E-state index contributed by atoms with van der Waals surface area (Å²) in [5.41, 5.74) is 0.664. The van der Waals surface area contributed by atoms with Crippen LogP contribution in [0.2, 0.25) is 0 Å². The van der Waals surface area contributed by atoms with E-state index in [1.54, 1.807) is 13.8 Å². The van der Waals surface area contributed by atoms with Crippen LogP contribution in [-0.2, 0) is 11.2 Å². The lowest BCUT2D eigenvalue weighted by atomic mass is 9.90. The number of hydrogen-bond donors (Lipinski definition) is 2. The molecule has 0 fully saturated rings. The maximum atomic E-state index is 10.9. The van der Waals surface area contributed by atoms with Crippen molar-refractivity contribution in [3.8, 4) is 0 Å². The van der Waals surface area contributed by atoms with E-state index in [-0.39, 0.29) is 0 Å². The molecular formula is C14H21NO2. The molecule has 0 bridgehead atoms. The van der Waals surface area contributed by atoms with Crippen molar-refractivity contribution in [3.63, 3.8) is 0 Å². The highest BCUT2D eigenvalue weighted by Crippen LogP contribution is 2.19. The van der Waals surface area contributed by atoms with Crippen LogP contribution in [0.3, 0.4) is 0 Å². The maximum Gasteiger partial charge on any atom is 0.309 e. The molecule has 94 valence electrons. The summed E-state index contributed by atoms with van der Waals surface area (Å²) in [7, 11) is 0. The third-order valence-electron chi connectivity index (χ3n) is 2.94. The average Bonchev–Trinajstić information content (AvgIpc) is 2.29. The SMILES string of the molecule is CC(C)(CCNCCc1ccccc1)C(=O)O. The van der Waals surface area contributed by atoms with E-state index in [2.05, 4.69) is 17.4 Å². The summed E-state index contributed by atoms with van der Waals surface area (Å²) in [5, 5.41) is 12.2. The molecule has 0 saturated carbocycles. The zero-order chi connectivity index (χ0) is 12.7. The zero-order valence-corrected chi connectivity index (χ0v) is 10.6. The van der Waals surface area contributed by atoms with E-state index in [9.17, 15) is 4.79 Å². The number of rotatable bonds is 7. The number of nitrogens with one attached hydrogen (secondary N) is 1. The lowest BCUT2D eigenvalue weighted by molar-refractivity contribution is -0.147. The van der Waals surface area contributed by atoms with Crippen LogP contribution in [0, 0.1) is 5.41 Å². The van der Waals surface area contributed by atoms with Gasteiger partial charge in [-0.3, -0.25) is 4.79 Å². The van der Waals surface area contributed by atoms with Gasteiger partial charge in [-0.05, 0) is 45.3 Å². The molecule has 2 N–H and O–H groups in total. The van der Waals surface area contributed by atoms with Crippen molar-refractivity contribution in [3.05, 3.63) is 35.9 Å². The molecular weight excluding hydrogens is 214 g/mol. The Kier molecular flexibility index (Phi) is 5.16. The van der Waals surface area contributed by atoms with Crippen LogP contribution in [0.25, 0.3) is 0 Å². The first-order valence-corrected chi connectivity index (χ1v) is 6.00. The summed E-state index contributed by atoms with van der Waals surface area (Å²) in [6.45, 7) is 5.15. The van der Waals surface area contributed by atoms with Gasteiger partial charge < -0.3 is 10.4 Å². The number of benzene rings is 1. The Morgan fingerprint density at radius 1 is 1.24 bits per heavy atom. The van der Waals surface area contributed by atoms with Crippen molar-refractivity contribution < 1.29 is 9.90 Å². The van der Waals surface area contributed by atoms with Gasteiger partial charge in [0.25, 0.3) is 0 Å². The van der Waals surface area contributed by atoms with E-state index in [1.807, 2.05) is 18.2 Å². The molecule has 1 aromatic rings. The second-order valence-electron chi connectivity index (χ2n) is 4.92. The van der Waals surface area contributed by atoms with Gasteiger partial charge in [0.1, 0.15) is 0 Å². The smallest absolute Gasteiger partial charge is 0.309 e. The fourth-order valence-electron chi connectivity index (χ4n) is 1.51. The third kappa shape index (κ3) is 5.00. The molecule has 1 rings (SSSR count). The first kappa shape index (κ1) is 13.7. The molecule has 0 atom stereocenters. The minimum absolute atomic E-state index is 0.639. The number of carboxylic acids is 1. The molecule has 0 aliphatic heterocycles. The van der Waals surface area contributed by atoms with Crippen molar-refractivity contribution in [1.29, 1.82) is 0 Å². The number of carbonyl (C=O) groups is 1. The molecule has 3 nitrogen and oxygen atoms in total. The molecule has 0 spiro atoms. The summed E-state index contributed by atoms with van der Waals surface area (Å²) >= 11 is 0. The number of hydrogen-bond acceptors (Lipinski definition) is 2. The Morgan fingerprint density at radius 2 is 1.88 bits per heavy atom. The van der Waals surface area contributed by atoms with Crippen molar-refractivity contribution in [2.75, 3.05) is 13.1 Å². The molecule has 1 aromatic carbocycles. The summed E-state index contributed by atoms with van der Waals surface area (Å²) in [4.78, 5) is 10.9. The molecule has 0 aliphatic carbocycles. The molecule has 0 unspecified atom stereocenters. The fourth-order valence-corrected chi connectivity index (χ4v) is 1.51. The summed E-state index contributed by atoms with van der Waals surface area (Å²) in [5.74, 6) is -0.734. The topological polar surface area (TPSA) is 49.3 Å². The van der Waals surface area contributed by atoms with Crippen LogP contribution >= 0.6 is 0 Å². The van der Waals surface area contributed by atoms with Crippen molar-refractivity contribution in [1.82, 2.24) is 5.32 Å². The Hall–Kier alpha value is -1.35. The quantitative estimate of drug-likeness (QED) is 0.713. The first-order chi connectivity index (χ1) is 8.02. The Labute approximate surface area is 103 Å². The highest BCUT2D eigenvalue weighted by atomic mass is 16.4. The van der Waals surface area contributed by atoms with E-state index in [0.717, 1.165) is 19.5 Å². The lowest BCUT2D eigenvalue weighted by Gasteiger charge is -2.18. The first-order valence-electron chi connectivity index (χ1n) is 6.00. The van der Waals surface area contributed by atoms with Gasteiger partial charge in [-0.2, -0.15) is 0 Å². The van der Waals surface area contributed by atoms with E-state index in [1.165, 1.54) is 5.56 Å². The molecule has 3 heteroatoms. The third-order valence-corrected chi connectivity index (χ3v) is 2.94. The van der Waals surface area contributed by atoms with E-state index >= 15 is 0 Å². The highest BCUT2D eigenvalue weighted by Gasteiger charge is 2.25. The minimum Gasteiger partial charge on any atom is -0.481 e. The van der Waals surface area contributed by atoms with Gasteiger partial charge in [0, 0.05) is 0 Å². The van der Waals surface area contributed by atoms with Gasteiger partial charge in [-0.1, -0.05) is 30.3 Å². The van der Waals surface area contributed by atoms with Gasteiger partial charge in [0.2, 0.25) is 0 Å². The van der Waals surface area contributed by atoms with Crippen LogP contribution in [0.15, 0.2) is 30.3 Å². The van der Waals surface area contributed by atoms with Crippen LogP contribution in [0.4, 0.5) is 0 Å². The molecule has 0 aromatic heterocycles. The average molecular weight is 235 g/mol. The minimum atomic E-state index is -0.734. The van der Waals surface area contributed by atoms with E-state index < -0.39 is 11.4 Å². The standard InChI is InChI=1S/C14H21NO2/c1-14(2,13(16)17)9-11-15-10-8-12-6-4-3-5-7-12/h3-7,15H,8-11H2,1-2H3,(H,16,17). The van der Waals surface area contributed by atoms with E-state index in [0.29, 0.717) is 6.42 Å². The second kappa shape index (κ2) is 6.40. The molecule has 0 aliphatic rings. The lowest BCUT2D eigenvalue weighted by Crippen LogP contribution is -2.29. The molecule has 0 saturated heterocycles. The molecule has 17 heavy (non-hydrogen) atoms. The normalized spacial score (nSPS) is 11.4. The Balaban J connectivity index is 2.15. The molecule has 0 heterocycles. The Bertz CT molecular complexity index is 346. The second-order valence-corrected chi connectivity index (χ2v) is 4.92. The van der Waals surface area contributed by atoms with Crippen LogP contribution in [0.1, 0.15) is 25.8 Å². The number of carboxylic acid groups (broad SMARTS) is 1. The highest BCUT2D eigenvalue weighted by molar-refractivity contribution is 5.73. The molecule has 0 amide bonds. The van der Waals surface area contributed by atoms with Gasteiger partial charge in [-0.25, -0.2) is 0 Å². The summed E-state index contributed by atoms with van der Waals surface area (Å²) in [6.07, 6.45) is 1.63.